The molecule has 0 unspecified atom stereocenters. The molecule has 0 N–H and O–H groups in total. The Bertz CT molecular complexity index is 860. The van der Waals surface area contributed by atoms with Crippen LogP contribution in [0.15, 0.2) is 52.0 Å². The van der Waals surface area contributed by atoms with Crippen molar-refractivity contribution in [2.45, 2.75) is 25.8 Å². The Hall–Kier alpha value is -2.14. The molecule has 1 heterocycles. The molecule has 128 valence electrons. The number of halogens is 1. The molecule has 25 heavy (non-hydrogen) atoms. The molecule has 4 rings (SSSR count). The first-order chi connectivity index (χ1) is 12.1. The number of benzene rings is 2. The summed E-state index contributed by atoms with van der Waals surface area (Å²) in [4.78, 5) is 12.2. The largest absolute Gasteiger partial charge is 0.497 e. The van der Waals surface area contributed by atoms with Gasteiger partial charge in [0.1, 0.15) is 5.75 Å². The average Bonchev–Trinajstić information content (AvgIpc) is 3.02. The minimum absolute atomic E-state index is 0.0233. The molecule has 4 nitrogen and oxygen atoms in total. The molecule has 1 aliphatic heterocycles. The van der Waals surface area contributed by atoms with Crippen LogP contribution in [-0.2, 0) is 11.2 Å². The van der Waals surface area contributed by atoms with Crippen LogP contribution in [0, 0.1) is 5.92 Å². The molecule has 0 fully saturated rings. The van der Waals surface area contributed by atoms with E-state index in [0.717, 1.165) is 39.9 Å². The van der Waals surface area contributed by atoms with E-state index in [1.165, 1.54) is 5.56 Å². The van der Waals surface area contributed by atoms with Crippen molar-refractivity contribution in [3.63, 3.8) is 0 Å². The van der Waals surface area contributed by atoms with Gasteiger partial charge in [0.05, 0.1) is 18.9 Å². The molecule has 0 saturated carbocycles. The summed E-state index contributed by atoms with van der Waals surface area (Å²) in [5.74, 6) is 1.07. The van der Waals surface area contributed by atoms with E-state index in [4.69, 9.17) is 9.84 Å². The molecule has 0 spiro atoms. The summed E-state index contributed by atoms with van der Waals surface area (Å²) in [6.07, 6.45) is 1.94. The minimum atomic E-state index is -0.0316. The molecule has 0 radical (unpaired) electrons. The highest BCUT2D eigenvalue weighted by Crippen LogP contribution is 2.44. The van der Waals surface area contributed by atoms with Crippen molar-refractivity contribution >= 4 is 27.5 Å². The van der Waals surface area contributed by atoms with Crippen LogP contribution in [0.3, 0.4) is 0 Å². The predicted octanol–water partition coefficient (Wildman–Crippen LogP) is 4.33. The zero-order chi connectivity index (χ0) is 17.6. The van der Waals surface area contributed by atoms with Crippen LogP contribution < -0.4 is 4.74 Å². The number of amides is 1. The van der Waals surface area contributed by atoms with Crippen molar-refractivity contribution in [2.75, 3.05) is 7.11 Å². The van der Waals surface area contributed by atoms with E-state index < -0.39 is 0 Å². The Labute approximate surface area is 155 Å². The Morgan fingerprint density at radius 2 is 2.00 bits per heavy atom. The van der Waals surface area contributed by atoms with Gasteiger partial charge < -0.3 is 4.74 Å². The van der Waals surface area contributed by atoms with Gasteiger partial charge in [-0.2, -0.15) is 5.10 Å². The lowest BCUT2D eigenvalue weighted by atomic mass is 9.77. The molecular formula is C20H19BrN2O2. The van der Waals surface area contributed by atoms with E-state index in [0.29, 0.717) is 0 Å². The lowest BCUT2D eigenvalue weighted by molar-refractivity contribution is -0.131. The number of nitrogens with zero attached hydrogens (tertiary/aromatic N) is 2. The van der Waals surface area contributed by atoms with Crippen LogP contribution in [0.2, 0.25) is 0 Å². The number of hydrogen-bond acceptors (Lipinski definition) is 3. The van der Waals surface area contributed by atoms with Gasteiger partial charge in [-0.25, -0.2) is 5.01 Å². The maximum Gasteiger partial charge on any atom is 0.240 e. The van der Waals surface area contributed by atoms with Gasteiger partial charge in [0.15, 0.2) is 0 Å². The maximum atomic E-state index is 12.2. The summed E-state index contributed by atoms with van der Waals surface area (Å²) in [6, 6.07) is 14.3. The van der Waals surface area contributed by atoms with Crippen LogP contribution in [0.25, 0.3) is 0 Å². The van der Waals surface area contributed by atoms with Gasteiger partial charge in [-0.1, -0.05) is 28.1 Å². The van der Waals surface area contributed by atoms with Crippen LogP contribution in [0.4, 0.5) is 0 Å². The van der Waals surface area contributed by atoms with Gasteiger partial charge in [0.25, 0.3) is 0 Å². The predicted molar refractivity (Wildman–Crippen MR) is 101 cm³/mol. The summed E-state index contributed by atoms with van der Waals surface area (Å²) < 4.78 is 6.38. The molecular weight excluding hydrogens is 380 g/mol. The number of fused-ring (bicyclic) bond motifs is 3. The van der Waals surface area contributed by atoms with E-state index in [-0.39, 0.29) is 17.9 Å². The second-order valence-electron chi connectivity index (χ2n) is 6.51. The SMILES string of the molecule is COc1ccc2c(c1)CC[C@H]1C2=NN(C(C)=O)[C@@H]1c1ccc(Br)cc1. The standard InChI is InChI=1S/C20H19BrN2O2/c1-12(24)23-20(13-3-6-15(21)7-4-13)18-9-5-14-11-16(25-2)8-10-17(14)19(18)22-23/h3-4,6-8,10-11,18,20H,5,9H2,1-2H3/t18-,20+/m0/s1. The molecule has 0 aromatic heterocycles. The van der Waals surface area contributed by atoms with E-state index in [9.17, 15) is 4.79 Å². The Morgan fingerprint density at radius 1 is 1.24 bits per heavy atom. The summed E-state index contributed by atoms with van der Waals surface area (Å²) in [5, 5.41) is 6.39. The monoisotopic (exact) mass is 398 g/mol. The number of carbonyl (C=O) groups is 1. The smallest absolute Gasteiger partial charge is 0.240 e. The molecule has 5 heteroatoms. The first kappa shape index (κ1) is 16.3. The third-order valence-electron chi connectivity index (χ3n) is 5.06. The summed E-state index contributed by atoms with van der Waals surface area (Å²) >= 11 is 3.48. The van der Waals surface area contributed by atoms with Crippen molar-refractivity contribution in [3.8, 4) is 5.75 Å². The molecule has 0 bridgehead atoms. The van der Waals surface area contributed by atoms with Crippen molar-refractivity contribution in [3.05, 3.63) is 63.6 Å². The molecule has 1 aliphatic carbocycles. The Kier molecular flexibility index (Phi) is 4.12. The topological polar surface area (TPSA) is 41.9 Å². The molecule has 2 aromatic rings. The van der Waals surface area contributed by atoms with Crippen LogP contribution >= 0.6 is 15.9 Å². The number of rotatable bonds is 2. The van der Waals surface area contributed by atoms with Crippen molar-refractivity contribution in [2.24, 2.45) is 11.0 Å². The third-order valence-corrected chi connectivity index (χ3v) is 5.59. The van der Waals surface area contributed by atoms with Gasteiger partial charge in [-0.15, -0.1) is 0 Å². The second kappa shape index (κ2) is 6.30. The lowest BCUT2D eigenvalue weighted by Crippen LogP contribution is -2.31. The summed E-state index contributed by atoms with van der Waals surface area (Å²) in [5.41, 5.74) is 4.53. The van der Waals surface area contributed by atoms with Gasteiger partial charge in [-0.3, -0.25) is 4.79 Å². The fourth-order valence-corrected chi connectivity index (χ4v) is 4.15. The van der Waals surface area contributed by atoms with Gasteiger partial charge >= 0.3 is 0 Å². The highest BCUT2D eigenvalue weighted by atomic mass is 79.9. The molecule has 1 amide bonds. The Balaban J connectivity index is 1.78. The number of hydrazone groups is 1. The molecule has 0 saturated heterocycles. The third kappa shape index (κ3) is 2.76. The summed E-state index contributed by atoms with van der Waals surface area (Å²) in [6.45, 7) is 1.59. The molecule has 2 aromatic carbocycles. The zero-order valence-electron chi connectivity index (χ0n) is 14.2. The van der Waals surface area contributed by atoms with E-state index >= 15 is 0 Å². The fraction of sp³-hybridized carbons (Fsp3) is 0.300. The number of ether oxygens (including phenoxy) is 1. The maximum absolute atomic E-state index is 12.2. The highest BCUT2D eigenvalue weighted by molar-refractivity contribution is 9.10. The van der Waals surface area contributed by atoms with E-state index in [1.54, 1.807) is 19.0 Å². The first-order valence-electron chi connectivity index (χ1n) is 8.39. The number of hydrogen-bond donors (Lipinski definition) is 0. The van der Waals surface area contributed by atoms with Gasteiger partial charge in [0, 0.05) is 22.9 Å². The van der Waals surface area contributed by atoms with E-state index in [1.807, 2.05) is 18.2 Å². The molecule has 2 atom stereocenters. The van der Waals surface area contributed by atoms with Crippen LogP contribution in [0.1, 0.15) is 36.1 Å². The number of aryl methyl sites for hydroxylation is 1. The lowest BCUT2D eigenvalue weighted by Gasteiger charge is -2.29. The second-order valence-corrected chi connectivity index (χ2v) is 7.43. The summed E-state index contributed by atoms with van der Waals surface area (Å²) in [7, 11) is 1.68. The van der Waals surface area contributed by atoms with Crippen LogP contribution in [-0.4, -0.2) is 23.7 Å². The minimum Gasteiger partial charge on any atom is -0.497 e. The molecule has 2 aliphatic rings. The van der Waals surface area contributed by atoms with Gasteiger partial charge in [-0.05, 0) is 54.3 Å². The van der Waals surface area contributed by atoms with Crippen LogP contribution in [0.5, 0.6) is 5.75 Å². The van der Waals surface area contributed by atoms with Gasteiger partial charge in [0.2, 0.25) is 5.91 Å². The zero-order valence-corrected chi connectivity index (χ0v) is 15.8. The fourth-order valence-electron chi connectivity index (χ4n) is 3.89. The van der Waals surface area contributed by atoms with E-state index in [2.05, 4.69) is 40.2 Å². The van der Waals surface area contributed by atoms with Crippen molar-refractivity contribution in [1.29, 1.82) is 0 Å². The highest BCUT2D eigenvalue weighted by Gasteiger charge is 2.42. The average molecular weight is 399 g/mol. The first-order valence-corrected chi connectivity index (χ1v) is 9.19. The number of methoxy groups -OCH3 is 1. The van der Waals surface area contributed by atoms with Crippen molar-refractivity contribution < 1.29 is 9.53 Å². The normalized spacial score (nSPS) is 21.4. The van der Waals surface area contributed by atoms with Crippen molar-refractivity contribution in [1.82, 2.24) is 5.01 Å². The number of carbonyl (C=O) groups excluding carboxylic acids is 1. The Morgan fingerprint density at radius 3 is 2.68 bits per heavy atom. The quantitative estimate of drug-likeness (QED) is 0.755.